The summed E-state index contributed by atoms with van der Waals surface area (Å²) in [7, 11) is 0. The first kappa shape index (κ1) is 17.6. The summed E-state index contributed by atoms with van der Waals surface area (Å²) in [6, 6.07) is 17.7. The minimum atomic E-state index is -0.629. The normalized spacial score (nSPS) is 15.1. The molecule has 0 atom stereocenters. The van der Waals surface area contributed by atoms with Crippen molar-refractivity contribution in [2.45, 2.75) is 13.2 Å². The molecular weight excluding hydrogens is 373 g/mol. The predicted octanol–water partition coefficient (Wildman–Crippen LogP) is 4.09. The van der Waals surface area contributed by atoms with Gasteiger partial charge in [-0.2, -0.15) is 0 Å². The molecule has 0 saturated carbocycles. The monoisotopic (exact) mass is 389 g/mol. The number of carbonyl (C=O) groups excluding carboxylic acids is 2. The Hall–Kier alpha value is -3.51. The number of hydrogen-bond donors (Lipinski definition) is 0. The highest BCUT2D eigenvalue weighted by Gasteiger charge is 2.36. The van der Waals surface area contributed by atoms with Crippen molar-refractivity contribution in [2.24, 2.45) is 0 Å². The van der Waals surface area contributed by atoms with Crippen molar-refractivity contribution < 1.29 is 23.5 Å². The molecule has 0 bridgehead atoms. The maximum Gasteiger partial charge on any atom is 0.299 e. The Morgan fingerprint density at radius 2 is 1.79 bits per heavy atom. The van der Waals surface area contributed by atoms with Crippen LogP contribution in [0.5, 0.6) is 5.75 Å². The summed E-state index contributed by atoms with van der Waals surface area (Å²) in [5.74, 6) is -1.13. The second-order valence-corrected chi connectivity index (χ2v) is 6.98. The van der Waals surface area contributed by atoms with E-state index in [4.69, 9.17) is 9.47 Å². The van der Waals surface area contributed by atoms with E-state index in [-0.39, 0.29) is 19.9 Å². The van der Waals surface area contributed by atoms with Gasteiger partial charge in [-0.3, -0.25) is 9.59 Å². The molecule has 0 spiro atoms. The highest BCUT2D eigenvalue weighted by atomic mass is 19.1. The number of Topliss-reactive ketones (excluding diaryl/α,β-unsaturated/α-hetero) is 1. The Bertz CT molecular complexity index is 1140. The molecule has 0 saturated heterocycles. The number of nitrogens with zero attached hydrogens (tertiary/aromatic N) is 1. The highest BCUT2D eigenvalue weighted by Crippen LogP contribution is 2.37. The first-order valence-corrected chi connectivity index (χ1v) is 9.19. The maximum atomic E-state index is 14.1. The van der Waals surface area contributed by atoms with E-state index < -0.39 is 17.5 Å². The van der Waals surface area contributed by atoms with E-state index in [0.717, 1.165) is 11.1 Å². The van der Waals surface area contributed by atoms with Gasteiger partial charge in [-0.1, -0.05) is 36.4 Å². The molecule has 29 heavy (non-hydrogen) atoms. The minimum Gasteiger partial charge on any atom is -0.467 e. The number of anilines is 1. The summed E-state index contributed by atoms with van der Waals surface area (Å²) < 4.78 is 24.9. The third-order valence-electron chi connectivity index (χ3n) is 5.16. The van der Waals surface area contributed by atoms with Gasteiger partial charge in [-0.15, -0.1) is 0 Å². The fourth-order valence-corrected chi connectivity index (χ4v) is 3.81. The number of amides is 1. The van der Waals surface area contributed by atoms with Crippen molar-refractivity contribution in [2.75, 3.05) is 11.7 Å². The summed E-state index contributed by atoms with van der Waals surface area (Å²) in [6.45, 7) is 0.338. The zero-order chi connectivity index (χ0) is 20.0. The van der Waals surface area contributed by atoms with Crippen molar-refractivity contribution >= 4 is 17.4 Å². The Morgan fingerprint density at radius 3 is 2.62 bits per heavy atom. The van der Waals surface area contributed by atoms with E-state index in [0.29, 0.717) is 28.1 Å². The van der Waals surface area contributed by atoms with E-state index in [1.54, 1.807) is 6.07 Å². The van der Waals surface area contributed by atoms with Gasteiger partial charge in [-0.25, -0.2) is 4.39 Å². The molecule has 2 aliphatic heterocycles. The molecule has 2 heterocycles. The van der Waals surface area contributed by atoms with E-state index in [1.807, 2.05) is 42.5 Å². The molecule has 0 fully saturated rings. The van der Waals surface area contributed by atoms with Gasteiger partial charge in [0.25, 0.3) is 11.7 Å². The average Bonchev–Trinajstić information content (AvgIpc) is 2.98. The number of hydrogen-bond acceptors (Lipinski definition) is 4. The number of carbonyl (C=O) groups is 2. The van der Waals surface area contributed by atoms with Gasteiger partial charge in [-0.05, 0) is 35.4 Å². The number of benzene rings is 3. The van der Waals surface area contributed by atoms with Gasteiger partial charge >= 0.3 is 0 Å². The molecule has 1 amide bonds. The second kappa shape index (κ2) is 6.83. The van der Waals surface area contributed by atoms with Gasteiger partial charge in [0.05, 0.1) is 24.4 Å². The highest BCUT2D eigenvalue weighted by molar-refractivity contribution is 6.52. The van der Waals surface area contributed by atoms with Crippen LogP contribution in [0.15, 0.2) is 60.7 Å². The topological polar surface area (TPSA) is 55.8 Å². The summed E-state index contributed by atoms with van der Waals surface area (Å²) in [4.78, 5) is 26.6. The van der Waals surface area contributed by atoms with Crippen molar-refractivity contribution in [3.63, 3.8) is 0 Å². The maximum absolute atomic E-state index is 14.1. The fourth-order valence-electron chi connectivity index (χ4n) is 3.81. The van der Waals surface area contributed by atoms with Crippen LogP contribution in [0.2, 0.25) is 0 Å². The van der Waals surface area contributed by atoms with Crippen molar-refractivity contribution in [3.05, 3.63) is 83.2 Å². The van der Waals surface area contributed by atoms with Crippen LogP contribution in [0, 0.1) is 5.82 Å². The number of rotatable bonds is 3. The van der Waals surface area contributed by atoms with E-state index in [1.165, 1.54) is 17.0 Å². The summed E-state index contributed by atoms with van der Waals surface area (Å²) in [5, 5.41) is 0. The van der Waals surface area contributed by atoms with Gasteiger partial charge in [0.15, 0.2) is 6.79 Å². The number of fused-ring (bicyclic) bond motifs is 2. The molecule has 3 aromatic carbocycles. The van der Waals surface area contributed by atoms with Crippen LogP contribution in [-0.4, -0.2) is 18.5 Å². The molecule has 0 aromatic heterocycles. The quantitative estimate of drug-likeness (QED) is 0.633. The fraction of sp³-hybridized carbons (Fsp3) is 0.130. The molecule has 2 aliphatic rings. The lowest BCUT2D eigenvalue weighted by Gasteiger charge is -2.24. The SMILES string of the molecule is O=C1C(=O)N(Cc2cc(F)cc3c2OCOC3)c2cc(-c3ccccc3)ccc21. The third kappa shape index (κ3) is 2.98. The zero-order valence-electron chi connectivity index (χ0n) is 15.4. The van der Waals surface area contributed by atoms with E-state index in [9.17, 15) is 14.0 Å². The molecule has 0 unspecified atom stereocenters. The van der Waals surface area contributed by atoms with Crippen LogP contribution < -0.4 is 9.64 Å². The Kier molecular flexibility index (Phi) is 4.14. The molecule has 5 rings (SSSR count). The Labute approximate surface area is 166 Å². The molecule has 0 N–H and O–H groups in total. The lowest BCUT2D eigenvalue weighted by atomic mass is 10.0. The van der Waals surface area contributed by atoms with Crippen LogP contribution >= 0.6 is 0 Å². The summed E-state index contributed by atoms with van der Waals surface area (Å²) >= 11 is 0. The number of ketones is 1. The van der Waals surface area contributed by atoms with E-state index >= 15 is 0 Å². The van der Waals surface area contributed by atoms with Crippen LogP contribution in [0.25, 0.3) is 11.1 Å². The Balaban J connectivity index is 1.57. The Morgan fingerprint density at radius 1 is 0.966 bits per heavy atom. The number of halogens is 1. The van der Waals surface area contributed by atoms with Crippen LogP contribution in [0.4, 0.5) is 10.1 Å². The van der Waals surface area contributed by atoms with Crippen LogP contribution in [-0.2, 0) is 22.7 Å². The molecular formula is C23H16FNO4. The van der Waals surface area contributed by atoms with Crippen LogP contribution in [0.1, 0.15) is 21.5 Å². The predicted molar refractivity (Wildman–Crippen MR) is 104 cm³/mol. The number of ether oxygens (including phenoxy) is 2. The minimum absolute atomic E-state index is 0.0376. The van der Waals surface area contributed by atoms with Gasteiger partial charge in [0.1, 0.15) is 11.6 Å². The van der Waals surface area contributed by atoms with Gasteiger partial charge < -0.3 is 14.4 Å². The van der Waals surface area contributed by atoms with Crippen molar-refractivity contribution in [3.8, 4) is 16.9 Å². The molecule has 144 valence electrons. The average molecular weight is 389 g/mol. The van der Waals surface area contributed by atoms with Gasteiger partial charge in [0.2, 0.25) is 0 Å². The van der Waals surface area contributed by atoms with Crippen molar-refractivity contribution in [1.29, 1.82) is 0 Å². The lowest BCUT2D eigenvalue weighted by molar-refractivity contribution is -0.114. The standard InChI is InChI=1S/C23H16FNO4/c24-18-8-16(22-17(9-18)12-28-13-29-22)11-25-20-10-15(14-4-2-1-3-5-14)6-7-19(20)21(26)23(25)27/h1-10H,11-13H2. The summed E-state index contributed by atoms with van der Waals surface area (Å²) in [6.07, 6.45) is 0. The van der Waals surface area contributed by atoms with Crippen LogP contribution in [0.3, 0.4) is 0 Å². The molecule has 5 nitrogen and oxygen atoms in total. The molecule has 0 radical (unpaired) electrons. The lowest BCUT2D eigenvalue weighted by Crippen LogP contribution is -2.30. The summed E-state index contributed by atoms with van der Waals surface area (Å²) in [5.41, 5.74) is 3.83. The molecule has 0 aliphatic carbocycles. The van der Waals surface area contributed by atoms with Gasteiger partial charge in [0, 0.05) is 11.1 Å². The second-order valence-electron chi connectivity index (χ2n) is 6.98. The van der Waals surface area contributed by atoms with Crippen molar-refractivity contribution in [1.82, 2.24) is 0 Å². The molecule has 6 heteroatoms. The third-order valence-corrected chi connectivity index (χ3v) is 5.16. The molecule has 3 aromatic rings. The first-order valence-electron chi connectivity index (χ1n) is 9.19. The van der Waals surface area contributed by atoms with E-state index in [2.05, 4.69) is 0 Å². The largest absolute Gasteiger partial charge is 0.467 e. The smallest absolute Gasteiger partial charge is 0.299 e. The zero-order valence-corrected chi connectivity index (χ0v) is 15.4. The first-order chi connectivity index (χ1) is 14.1.